The quantitative estimate of drug-likeness (QED) is 0.598. The second kappa shape index (κ2) is 9.72. The van der Waals surface area contributed by atoms with Crippen molar-refractivity contribution in [3.05, 3.63) is 17.0 Å². The maximum absolute atomic E-state index is 12.7. The lowest BCUT2D eigenvalue weighted by atomic mass is 10.4. The van der Waals surface area contributed by atoms with Crippen LogP contribution < -0.4 is 5.32 Å². The number of esters is 1. The summed E-state index contributed by atoms with van der Waals surface area (Å²) < 4.78 is 36.3. The Balaban J connectivity index is 2.93. The number of hydrogen-bond acceptors (Lipinski definition) is 7. The highest BCUT2D eigenvalue weighted by molar-refractivity contribution is 7.91. The average molecular weight is 378 g/mol. The van der Waals surface area contributed by atoms with E-state index in [2.05, 4.69) is 5.32 Å². The largest absolute Gasteiger partial charge is 0.465 e. The molecule has 0 fully saturated rings. The van der Waals surface area contributed by atoms with Crippen LogP contribution in [0, 0.1) is 0 Å². The van der Waals surface area contributed by atoms with Crippen LogP contribution in [0.2, 0.25) is 0 Å². The molecule has 0 bridgehead atoms. The number of hydrogen-bond donors (Lipinski definition) is 1. The number of sulfonamides is 1. The first-order valence-corrected chi connectivity index (χ1v) is 9.54. The fourth-order valence-corrected chi connectivity index (χ4v) is 4.58. The number of carbonyl (C=O) groups is 2. The third-order valence-electron chi connectivity index (χ3n) is 2.90. The summed E-state index contributed by atoms with van der Waals surface area (Å²) in [5, 5.41) is 2.61. The first kappa shape index (κ1) is 20.6. The fraction of sp³-hybridized carbons (Fsp3) is 0.571. The Hall–Kier alpha value is -1.49. The number of ether oxygens (including phenoxy) is 2. The molecule has 0 radical (unpaired) electrons. The van der Waals surface area contributed by atoms with Gasteiger partial charge in [0, 0.05) is 25.5 Å². The van der Waals surface area contributed by atoms with E-state index in [1.165, 1.54) is 20.1 Å². The predicted octanol–water partition coefficient (Wildman–Crippen LogP) is 0.584. The second-order valence-electron chi connectivity index (χ2n) is 4.77. The number of amides is 1. The van der Waals surface area contributed by atoms with Gasteiger partial charge in [0.2, 0.25) is 5.91 Å². The molecule has 1 aromatic heterocycles. The van der Waals surface area contributed by atoms with Crippen LogP contribution in [0.15, 0.2) is 16.3 Å². The molecule has 0 aliphatic carbocycles. The Morgan fingerprint density at radius 2 is 2.04 bits per heavy atom. The Kier molecular flexibility index (Phi) is 8.32. The molecule has 1 N–H and O–H groups in total. The Bertz CT molecular complexity index is 656. The van der Waals surface area contributed by atoms with Crippen molar-refractivity contribution in [3.8, 4) is 0 Å². The van der Waals surface area contributed by atoms with E-state index in [0.29, 0.717) is 4.88 Å². The maximum Gasteiger partial charge on any atom is 0.321 e. The van der Waals surface area contributed by atoms with Crippen LogP contribution in [0.5, 0.6) is 0 Å². The van der Waals surface area contributed by atoms with Gasteiger partial charge in [-0.15, -0.1) is 11.3 Å². The minimum absolute atomic E-state index is 0.0383. The summed E-state index contributed by atoms with van der Waals surface area (Å²) in [5.41, 5.74) is 0. The molecule has 0 saturated heterocycles. The molecule has 0 aliphatic rings. The van der Waals surface area contributed by atoms with E-state index in [4.69, 9.17) is 9.47 Å². The van der Waals surface area contributed by atoms with Crippen LogP contribution in [-0.4, -0.2) is 58.0 Å². The molecule has 0 aromatic carbocycles. The zero-order valence-electron chi connectivity index (χ0n) is 13.9. The molecule has 1 rings (SSSR count). The molecule has 0 atom stereocenters. The van der Waals surface area contributed by atoms with Gasteiger partial charge in [0.15, 0.2) is 0 Å². The molecule has 10 heteroatoms. The summed E-state index contributed by atoms with van der Waals surface area (Å²) in [6.07, 6.45) is 0. The predicted molar refractivity (Wildman–Crippen MR) is 89.1 cm³/mol. The van der Waals surface area contributed by atoms with Gasteiger partial charge in [-0.2, -0.15) is 4.31 Å². The molecule has 1 aromatic rings. The zero-order valence-corrected chi connectivity index (χ0v) is 15.5. The van der Waals surface area contributed by atoms with Gasteiger partial charge < -0.3 is 14.8 Å². The number of nitrogens with zero attached hydrogens (tertiary/aromatic N) is 1. The lowest BCUT2D eigenvalue weighted by Gasteiger charge is -2.20. The Morgan fingerprint density at radius 3 is 2.62 bits per heavy atom. The molecule has 0 aliphatic heterocycles. The summed E-state index contributed by atoms with van der Waals surface area (Å²) in [6.45, 7) is 3.29. The van der Waals surface area contributed by atoms with Crippen molar-refractivity contribution >= 4 is 33.2 Å². The molecule has 0 saturated carbocycles. The van der Waals surface area contributed by atoms with E-state index in [9.17, 15) is 18.0 Å². The van der Waals surface area contributed by atoms with E-state index >= 15 is 0 Å². The number of carbonyl (C=O) groups excluding carboxylic acids is 2. The van der Waals surface area contributed by atoms with E-state index < -0.39 is 16.0 Å². The Labute approximate surface area is 145 Å². The van der Waals surface area contributed by atoms with Crippen LogP contribution in [0.1, 0.15) is 18.7 Å². The average Bonchev–Trinajstić information content (AvgIpc) is 2.99. The molecular weight excluding hydrogens is 356 g/mol. The van der Waals surface area contributed by atoms with Gasteiger partial charge in [-0.25, -0.2) is 8.42 Å². The van der Waals surface area contributed by atoms with Crippen LogP contribution >= 0.6 is 11.3 Å². The van der Waals surface area contributed by atoms with Gasteiger partial charge in [0.25, 0.3) is 10.0 Å². The second-order valence-corrected chi connectivity index (χ2v) is 8.10. The van der Waals surface area contributed by atoms with Gasteiger partial charge >= 0.3 is 5.97 Å². The van der Waals surface area contributed by atoms with Gasteiger partial charge in [0.1, 0.15) is 10.8 Å². The van der Waals surface area contributed by atoms with Crippen molar-refractivity contribution in [2.75, 3.05) is 33.4 Å². The normalized spacial score (nSPS) is 11.5. The number of methoxy groups -OCH3 is 1. The van der Waals surface area contributed by atoms with Crippen LogP contribution in [-0.2, 0) is 35.6 Å². The number of thiophene rings is 1. The first-order valence-electron chi connectivity index (χ1n) is 7.29. The summed E-state index contributed by atoms with van der Waals surface area (Å²) in [6, 6.07) is 3.09. The SMILES string of the molecule is CCOC(=O)CN(CCOC)S(=O)(=O)c1ccc(CNC(C)=O)s1. The monoisotopic (exact) mass is 378 g/mol. The van der Waals surface area contributed by atoms with Crippen LogP contribution in [0.4, 0.5) is 0 Å². The van der Waals surface area contributed by atoms with Crippen molar-refractivity contribution in [2.24, 2.45) is 0 Å². The van der Waals surface area contributed by atoms with Gasteiger partial charge in [-0.05, 0) is 19.1 Å². The number of nitrogens with one attached hydrogen (secondary N) is 1. The highest BCUT2D eigenvalue weighted by atomic mass is 32.2. The molecule has 1 amide bonds. The number of rotatable bonds is 10. The standard InChI is InChI=1S/C14H22N2O6S2/c1-4-22-13(18)10-16(7-8-21-3)24(19,20)14-6-5-12(23-14)9-15-11(2)17/h5-6H,4,7-10H2,1-3H3,(H,15,17). The van der Waals surface area contributed by atoms with Crippen molar-refractivity contribution < 1.29 is 27.5 Å². The first-order chi connectivity index (χ1) is 11.3. The molecule has 0 unspecified atom stereocenters. The maximum atomic E-state index is 12.7. The minimum atomic E-state index is -3.85. The van der Waals surface area contributed by atoms with E-state index in [1.54, 1.807) is 13.0 Å². The van der Waals surface area contributed by atoms with Crippen molar-refractivity contribution in [3.63, 3.8) is 0 Å². The summed E-state index contributed by atoms with van der Waals surface area (Å²) in [5.74, 6) is -0.816. The third kappa shape index (κ3) is 6.19. The fourth-order valence-electron chi connectivity index (χ4n) is 1.76. The van der Waals surface area contributed by atoms with E-state index in [0.717, 1.165) is 15.6 Å². The van der Waals surface area contributed by atoms with E-state index in [-0.39, 0.29) is 43.0 Å². The molecule has 136 valence electrons. The topological polar surface area (TPSA) is 102 Å². The van der Waals surface area contributed by atoms with Crippen molar-refractivity contribution in [1.29, 1.82) is 0 Å². The summed E-state index contributed by atoms with van der Waals surface area (Å²) in [4.78, 5) is 23.3. The van der Waals surface area contributed by atoms with Crippen LogP contribution in [0.3, 0.4) is 0 Å². The van der Waals surface area contributed by atoms with Crippen molar-refractivity contribution in [1.82, 2.24) is 9.62 Å². The van der Waals surface area contributed by atoms with Crippen molar-refractivity contribution in [2.45, 2.75) is 24.6 Å². The van der Waals surface area contributed by atoms with Gasteiger partial charge in [-0.1, -0.05) is 0 Å². The molecule has 8 nitrogen and oxygen atoms in total. The summed E-state index contributed by atoms with van der Waals surface area (Å²) in [7, 11) is -2.40. The lowest BCUT2D eigenvalue weighted by molar-refractivity contribution is -0.143. The minimum Gasteiger partial charge on any atom is -0.465 e. The smallest absolute Gasteiger partial charge is 0.321 e. The lowest BCUT2D eigenvalue weighted by Crippen LogP contribution is -2.38. The molecule has 24 heavy (non-hydrogen) atoms. The third-order valence-corrected chi connectivity index (χ3v) is 6.30. The molecular formula is C14H22N2O6S2. The summed E-state index contributed by atoms with van der Waals surface area (Å²) >= 11 is 1.05. The zero-order chi connectivity index (χ0) is 18.2. The molecule has 1 heterocycles. The highest BCUT2D eigenvalue weighted by Gasteiger charge is 2.28. The van der Waals surface area contributed by atoms with Crippen LogP contribution in [0.25, 0.3) is 0 Å². The van der Waals surface area contributed by atoms with Gasteiger partial charge in [0.05, 0.1) is 19.8 Å². The highest BCUT2D eigenvalue weighted by Crippen LogP contribution is 2.25. The molecule has 0 spiro atoms. The van der Waals surface area contributed by atoms with Gasteiger partial charge in [-0.3, -0.25) is 9.59 Å². The Morgan fingerprint density at radius 1 is 1.33 bits per heavy atom. The van der Waals surface area contributed by atoms with E-state index in [1.807, 2.05) is 0 Å².